The summed E-state index contributed by atoms with van der Waals surface area (Å²) in [6.07, 6.45) is 0.533. The molecular weight excluding hydrogens is 340 g/mol. The van der Waals surface area contributed by atoms with Crippen molar-refractivity contribution in [2.45, 2.75) is 25.8 Å². The Morgan fingerprint density at radius 3 is 2.90 bits per heavy atom. The molecule has 1 saturated heterocycles. The van der Waals surface area contributed by atoms with Crippen molar-refractivity contribution in [2.24, 2.45) is 0 Å². The fourth-order valence-electron chi connectivity index (χ4n) is 1.93. The fourth-order valence-corrected chi connectivity index (χ4v) is 2.54. The van der Waals surface area contributed by atoms with Crippen LogP contribution in [0.1, 0.15) is 18.4 Å². The molecule has 3 amide bonds. The van der Waals surface area contributed by atoms with Crippen LogP contribution in [0.4, 0.5) is 0 Å². The second kappa shape index (κ2) is 6.71. The van der Waals surface area contributed by atoms with Crippen LogP contribution in [-0.2, 0) is 14.4 Å². The molecule has 112 valence electrons. The first-order valence-corrected chi connectivity index (χ1v) is 7.27. The molecule has 6 nitrogen and oxygen atoms in total. The van der Waals surface area contributed by atoms with Crippen LogP contribution in [0.5, 0.6) is 5.75 Å². The van der Waals surface area contributed by atoms with Gasteiger partial charge in [-0.1, -0.05) is 6.07 Å². The highest BCUT2D eigenvalue weighted by Gasteiger charge is 2.27. The Bertz CT molecular complexity index is 588. The van der Waals surface area contributed by atoms with Crippen LogP contribution in [-0.4, -0.2) is 30.4 Å². The number of imide groups is 1. The molecule has 0 radical (unpaired) electrons. The van der Waals surface area contributed by atoms with E-state index in [1.165, 1.54) is 0 Å². The fraction of sp³-hybridized carbons (Fsp3) is 0.357. The Hall–Kier alpha value is -1.89. The van der Waals surface area contributed by atoms with Gasteiger partial charge in [-0.25, -0.2) is 0 Å². The first-order valence-electron chi connectivity index (χ1n) is 6.47. The van der Waals surface area contributed by atoms with Gasteiger partial charge in [-0.2, -0.15) is 0 Å². The van der Waals surface area contributed by atoms with Gasteiger partial charge >= 0.3 is 0 Å². The van der Waals surface area contributed by atoms with Crippen molar-refractivity contribution in [3.8, 4) is 5.75 Å². The minimum atomic E-state index is -0.680. The standard InChI is InChI=1S/C14H15BrN2O4/c1-8-2-4-11(9(15)6-8)21-7-13(19)16-10-3-5-12(18)17-14(10)20/h2,4,6,10H,3,5,7H2,1H3,(H,16,19)(H,17,18,20). The molecule has 0 aromatic heterocycles. The minimum Gasteiger partial charge on any atom is -0.483 e. The summed E-state index contributed by atoms with van der Waals surface area (Å²) >= 11 is 3.35. The van der Waals surface area contributed by atoms with E-state index in [4.69, 9.17) is 4.74 Å². The molecule has 1 aliphatic rings. The summed E-state index contributed by atoms with van der Waals surface area (Å²) in [4.78, 5) is 34.3. The number of hydrogen-bond acceptors (Lipinski definition) is 4. The van der Waals surface area contributed by atoms with Gasteiger partial charge in [0.2, 0.25) is 11.8 Å². The first kappa shape index (κ1) is 15.5. The van der Waals surface area contributed by atoms with E-state index in [0.29, 0.717) is 12.2 Å². The second-order valence-corrected chi connectivity index (χ2v) is 5.65. The molecule has 1 unspecified atom stereocenters. The van der Waals surface area contributed by atoms with Crippen LogP contribution in [0.3, 0.4) is 0 Å². The summed E-state index contributed by atoms with van der Waals surface area (Å²) in [7, 11) is 0. The zero-order valence-electron chi connectivity index (χ0n) is 11.4. The predicted molar refractivity (Wildman–Crippen MR) is 78.7 cm³/mol. The molecule has 1 fully saturated rings. The molecule has 1 aliphatic heterocycles. The number of carbonyl (C=O) groups is 3. The third kappa shape index (κ3) is 4.29. The Balaban J connectivity index is 1.85. The zero-order chi connectivity index (χ0) is 15.4. The Morgan fingerprint density at radius 2 is 2.24 bits per heavy atom. The number of aryl methyl sites for hydroxylation is 1. The Morgan fingerprint density at radius 1 is 1.48 bits per heavy atom. The topological polar surface area (TPSA) is 84.5 Å². The van der Waals surface area contributed by atoms with E-state index < -0.39 is 17.9 Å². The van der Waals surface area contributed by atoms with Crippen molar-refractivity contribution in [1.29, 1.82) is 0 Å². The van der Waals surface area contributed by atoms with Crippen molar-refractivity contribution < 1.29 is 19.1 Å². The van der Waals surface area contributed by atoms with Crippen LogP contribution in [0.2, 0.25) is 0 Å². The van der Waals surface area contributed by atoms with Crippen molar-refractivity contribution in [1.82, 2.24) is 10.6 Å². The minimum absolute atomic E-state index is 0.195. The van der Waals surface area contributed by atoms with Gasteiger partial charge < -0.3 is 10.1 Å². The van der Waals surface area contributed by atoms with Gasteiger partial charge in [0, 0.05) is 6.42 Å². The monoisotopic (exact) mass is 354 g/mol. The molecule has 0 saturated carbocycles. The summed E-state index contributed by atoms with van der Waals surface area (Å²) in [6.45, 7) is 1.75. The molecular formula is C14H15BrN2O4. The number of hydrogen-bond donors (Lipinski definition) is 2. The molecule has 1 aromatic rings. The number of ether oxygens (including phenoxy) is 1. The predicted octanol–water partition coefficient (Wildman–Crippen LogP) is 1.06. The Labute approximate surface area is 130 Å². The number of nitrogens with one attached hydrogen (secondary N) is 2. The summed E-state index contributed by atoms with van der Waals surface area (Å²) < 4.78 is 6.15. The van der Waals surface area contributed by atoms with Crippen LogP contribution in [0.15, 0.2) is 22.7 Å². The van der Waals surface area contributed by atoms with Gasteiger partial charge in [-0.05, 0) is 47.0 Å². The third-order valence-corrected chi connectivity index (χ3v) is 3.64. The lowest BCUT2D eigenvalue weighted by Gasteiger charge is -2.21. The lowest BCUT2D eigenvalue weighted by atomic mass is 10.1. The number of benzene rings is 1. The highest BCUT2D eigenvalue weighted by atomic mass is 79.9. The van der Waals surface area contributed by atoms with Gasteiger partial charge in [-0.3, -0.25) is 19.7 Å². The number of rotatable bonds is 4. The number of amides is 3. The molecule has 2 rings (SSSR count). The van der Waals surface area contributed by atoms with Crippen LogP contribution in [0, 0.1) is 6.92 Å². The van der Waals surface area contributed by atoms with Gasteiger partial charge in [-0.15, -0.1) is 0 Å². The van der Waals surface area contributed by atoms with E-state index in [1.807, 2.05) is 19.1 Å². The molecule has 7 heteroatoms. The molecule has 2 N–H and O–H groups in total. The molecule has 0 aliphatic carbocycles. The maximum absolute atomic E-state index is 11.8. The van der Waals surface area contributed by atoms with Gasteiger partial charge in [0.25, 0.3) is 5.91 Å². The largest absolute Gasteiger partial charge is 0.483 e. The maximum Gasteiger partial charge on any atom is 0.258 e. The average molecular weight is 355 g/mol. The molecule has 0 bridgehead atoms. The number of halogens is 1. The van der Waals surface area contributed by atoms with Gasteiger partial charge in [0.1, 0.15) is 11.8 Å². The average Bonchev–Trinajstić information content (AvgIpc) is 2.41. The number of piperidine rings is 1. The van der Waals surface area contributed by atoms with E-state index in [2.05, 4.69) is 26.6 Å². The van der Waals surface area contributed by atoms with E-state index >= 15 is 0 Å². The molecule has 1 heterocycles. The Kier molecular flexibility index (Phi) is 4.95. The SMILES string of the molecule is Cc1ccc(OCC(=O)NC2CCC(=O)NC2=O)c(Br)c1. The van der Waals surface area contributed by atoms with Gasteiger partial charge in [0.05, 0.1) is 4.47 Å². The quantitative estimate of drug-likeness (QED) is 0.791. The second-order valence-electron chi connectivity index (χ2n) is 4.79. The molecule has 21 heavy (non-hydrogen) atoms. The smallest absolute Gasteiger partial charge is 0.258 e. The van der Waals surface area contributed by atoms with Crippen LogP contribution >= 0.6 is 15.9 Å². The maximum atomic E-state index is 11.8. The summed E-state index contributed by atoms with van der Waals surface area (Å²) in [5.74, 6) is -0.641. The van der Waals surface area contributed by atoms with Crippen LogP contribution < -0.4 is 15.4 Å². The molecule has 1 aromatic carbocycles. The summed E-state index contributed by atoms with van der Waals surface area (Å²) in [5.41, 5.74) is 1.07. The first-order chi connectivity index (χ1) is 9.95. The lowest BCUT2D eigenvalue weighted by Crippen LogP contribution is -2.53. The molecule has 1 atom stereocenters. The summed E-state index contributed by atoms with van der Waals surface area (Å²) in [6, 6.07) is 4.84. The van der Waals surface area contributed by atoms with E-state index in [9.17, 15) is 14.4 Å². The highest BCUT2D eigenvalue weighted by Crippen LogP contribution is 2.25. The van der Waals surface area contributed by atoms with E-state index in [-0.39, 0.29) is 18.9 Å². The van der Waals surface area contributed by atoms with Crippen LogP contribution in [0.25, 0.3) is 0 Å². The van der Waals surface area contributed by atoms with E-state index in [1.54, 1.807) is 6.07 Å². The lowest BCUT2D eigenvalue weighted by molar-refractivity contribution is -0.137. The van der Waals surface area contributed by atoms with Crippen molar-refractivity contribution in [2.75, 3.05) is 6.61 Å². The third-order valence-electron chi connectivity index (χ3n) is 3.02. The normalized spacial score (nSPS) is 18.1. The summed E-state index contributed by atoms with van der Waals surface area (Å²) in [5, 5.41) is 4.73. The van der Waals surface area contributed by atoms with Crippen molar-refractivity contribution >= 4 is 33.7 Å². The molecule has 0 spiro atoms. The van der Waals surface area contributed by atoms with E-state index in [0.717, 1.165) is 10.0 Å². The van der Waals surface area contributed by atoms with Crippen molar-refractivity contribution in [3.05, 3.63) is 28.2 Å². The van der Waals surface area contributed by atoms with Crippen molar-refractivity contribution in [3.63, 3.8) is 0 Å². The zero-order valence-corrected chi connectivity index (χ0v) is 13.0. The highest BCUT2D eigenvalue weighted by molar-refractivity contribution is 9.10. The van der Waals surface area contributed by atoms with Gasteiger partial charge in [0.15, 0.2) is 6.61 Å². The number of carbonyl (C=O) groups excluding carboxylic acids is 3.